The highest BCUT2D eigenvalue weighted by molar-refractivity contribution is 6.14. The van der Waals surface area contributed by atoms with E-state index in [-0.39, 0.29) is 18.1 Å². The Balaban J connectivity index is 1.77. The highest BCUT2D eigenvalue weighted by Gasteiger charge is 2.39. The molecule has 1 aliphatic carbocycles. The van der Waals surface area contributed by atoms with Crippen molar-refractivity contribution in [2.45, 2.75) is 43.8 Å². The number of methoxy groups -OCH3 is 2. The van der Waals surface area contributed by atoms with E-state index in [2.05, 4.69) is 4.98 Å². The molecule has 0 N–H and O–H groups in total. The quantitative estimate of drug-likeness (QED) is 0.725. The van der Waals surface area contributed by atoms with Crippen LogP contribution in [0.1, 0.15) is 41.9 Å². The molecule has 154 valence electrons. The van der Waals surface area contributed by atoms with E-state index in [1.807, 2.05) is 18.2 Å². The average molecular weight is 402 g/mol. The van der Waals surface area contributed by atoms with Crippen molar-refractivity contribution >= 4 is 5.71 Å². The fraction of sp³-hybridized carbons (Fsp3) is 0.455. The van der Waals surface area contributed by atoms with Gasteiger partial charge in [0.15, 0.2) is 0 Å². The zero-order chi connectivity index (χ0) is 20.4. The third-order valence-corrected chi connectivity index (χ3v) is 5.65. The van der Waals surface area contributed by atoms with Gasteiger partial charge in [0, 0.05) is 36.4 Å². The smallest absolute Gasteiger partial charge is 0.272 e. The summed E-state index contributed by atoms with van der Waals surface area (Å²) in [4.78, 5) is 9.39. The molecular weight excluding hydrogens is 378 g/mol. The molecule has 7 heteroatoms. The maximum absolute atomic E-state index is 12.6. The monoisotopic (exact) mass is 402 g/mol. The molecule has 1 saturated carbocycles. The van der Waals surface area contributed by atoms with Crippen LogP contribution in [0.3, 0.4) is 0 Å². The van der Waals surface area contributed by atoms with Crippen LogP contribution in [0.15, 0.2) is 41.5 Å². The minimum absolute atomic E-state index is 0.0220. The maximum atomic E-state index is 12.6. The number of rotatable bonds is 6. The molecule has 2 aromatic rings. The van der Waals surface area contributed by atoms with Gasteiger partial charge < -0.3 is 14.2 Å². The highest BCUT2D eigenvalue weighted by Crippen LogP contribution is 2.43. The van der Waals surface area contributed by atoms with Crippen LogP contribution >= 0.6 is 0 Å². The van der Waals surface area contributed by atoms with Crippen molar-refractivity contribution < 1.29 is 23.0 Å². The molecule has 4 rings (SSSR count). The number of hydrogen-bond donors (Lipinski definition) is 0. The molecule has 1 unspecified atom stereocenters. The predicted octanol–water partition coefficient (Wildman–Crippen LogP) is 4.24. The molecule has 3 atom stereocenters. The standard InChI is InChI=1S/C22H24F2N2O3/c1-27-18-5-3-4-15-17-10-14(29-12-19(23)24)7-8-16(17)21(26-22(15)18)13-6-9-20(28-2)25-11-13/h6-11,15,18-19,22H,3-5,12H2,1-2H3/t15-,18?,22-/m1/s1. The fourth-order valence-corrected chi connectivity index (χ4v) is 4.31. The maximum Gasteiger partial charge on any atom is 0.272 e. The molecule has 1 aromatic carbocycles. The molecule has 0 radical (unpaired) electrons. The zero-order valence-corrected chi connectivity index (χ0v) is 16.5. The fourth-order valence-electron chi connectivity index (χ4n) is 4.31. The Morgan fingerprint density at radius 2 is 2.00 bits per heavy atom. The molecule has 0 saturated heterocycles. The molecule has 1 fully saturated rings. The average Bonchev–Trinajstić information content (AvgIpc) is 2.76. The summed E-state index contributed by atoms with van der Waals surface area (Å²) >= 11 is 0. The Hall–Kier alpha value is -2.54. The number of fused-ring (bicyclic) bond motifs is 3. The van der Waals surface area contributed by atoms with Gasteiger partial charge in [-0.05, 0) is 42.7 Å². The summed E-state index contributed by atoms with van der Waals surface area (Å²) < 4.78 is 41.4. The summed E-state index contributed by atoms with van der Waals surface area (Å²) in [7, 11) is 3.29. The number of aliphatic imine (C=N–C) groups is 1. The third-order valence-electron chi connectivity index (χ3n) is 5.65. The van der Waals surface area contributed by atoms with Gasteiger partial charge in [0.2, 0.25) is 5.88 Å². The van der Waals surface area contributed by atoms with Crippen molar-refractivity contribution in [2.24, 2.45) is 4.99 Å². The number of ether oxygens (including phenoxy) is 3. The second kappa shape index (κ2) is 8.45. The summed E-state index contributed by atoms with van der Waals surface area (Å²) in [6, 6.07) is 9.23. The minimum Gasteiger partial charge on any atom is -0.488 e. The van der Waals surface area contributed by atoms with E-state index >= 15 is 0 Å². The SMILES string of the molecule is COc1ccc(C2=N[C@H]3C(OC)CCC[C@@H]3c3cc(OCC(F)F)ccc32)cn1. The third kappa shape index (κ3) is 3.96. The van der Waals surface area contributed by atoms with Gasteiger partial charge in [-0.3, -0.25) is 4.99 Å². The van der Waals surface area contributed by atoms with E-state index in [0.717, 1.165) is 41.7 Å². The van der Waals surface area contributed by atoms with Crippen molar-refractivity contribution in [1.29, 1.82) is 0 Å². The van der Waals surface area contributed by atoms with Crippen LogP contribution in [-0.4, -0.2) is 50.1 Å². The molecule has 1 aliphatic heterocycles. The predicted molar refractivity (Wildman–Crippen MR) is 106 cm³/mol. The molecule has 2 aliphatic rings. The van der Waals surface area contributed by atoms with Crippen LogP contribution in [0.5, 0.6) is 11.6 Å². The summed E-state index contributed by atoms with van der Waals surface area (Å²) in [5.41, 5.74) is 3.77. The topological polar surface area (TPSA) is 52.9 Å². The molecule has 0 amide bonds. The largest absolute Gasteiger partial charge is 0.488 e. The second-order valence-electron chi connectivity index (χ2n) is 7.32. The lowest BCUT2D eigenvalue weighted by Crippen LogP contribution is -2.40. The summed E-state index contributed by atoms with van der Waals surface area (Å²) in [5, 5.41) is 0. The van der Waals surface area contributed by atoms with Crippen molar-refractivity contribution in [3.63, 3.8) is 0 Å². The number of hydrogen-bond acceptors (Lipinski definition) is 5. The first-order valence-corrected chi connectivity index (χ1v) is 9.77. The van der Waals surface area contributed by atoms with E-state index in [1.54, 1.807) is 32.5 Å². The minimum atomic E-state index is -2.51. The highest BCUT2D eigenvalue weighted by atomic mass is 19.3. The Kier molecular flexibility index (Phi) is 5.76. The van der Waals surface area contributed by atoms with Crippen LogP contribution in [-0.2, 0) is 4.74 Å². The Morgan fingerprint density at radius 3 is 2.69 bits per heavy atom. The van der Waals surface area contributed by atoms with Crippen LogP contribution in [0.2, 0.25) is 0 Å². The van der Waals surface area contributed by atoms with Crippen LogP contribution < -0.4 is 9.47 Å². The number of nitrogens with zero attached hydrogens (tertiary/aromatic N) is 2. The van der Waals surface area contributed by atoms with Crippen molar-refractivity contribution in [3.05, 3.63) is 53.2 Å². The van der Waals surface area contributed by atoms with Gasteiger partial charge in [0.1, 0.15) is 12.4 Å². The van der Waals surface area contributed by atoms with E-state index in [1.165, 1.54) is 0 Å². The number of halogens is 2. The van der Waals surface area contributed by atoms with Crippen LogP contribution in [0.4, 0.5) is 8.78 Å². The zero-order valence-electron chi connectivity index (χ0n) is 16.5. The van der Waals surface area contributed by atoms with Gasteiger partial charge in [-0.15, -0.1) is 0 Å². The number of pyridine rings is 1. The molecule has 29 heavy (non-hydrogen) atoms. The lowest BCUT2D eigenvalue weighted by atomic mass is 9.74. The Labute approximate surface area is 168 Å². The first-order chi connectivity index (χ1) is 14.1. The molecular formula is C22H24F2N2O3. The van der Waals surface area contributed by atoms with Gasteiger partial charge in [-0.1, -0.05) is 6.42 Å². The van der Waals surface area contributed by atoms with Gasteiger partial charge in [0.25, 0.3) is 6.43 Å². The van der Waals surface area contributed by atoms with Gasteiger partial charge in [0.05, 0.1) is 25.0 Å². The second-order valence-corrected chi connectivity index (χ2v) is 7.32. The number of benzene rings is 1. The number of aromatic nitrogens is 1. The molecule has 5 nitrogen and oxygen atoms in total. The summed E-state index contributed by atoms with van der Waals surface area (Å²) in [5.74, 6) is 1.16. The Morgan fingerprint density at radius 1 is 1.14 bits per heavy atom. The van der Waals surface area contributed by atoms with Gasteiger partial charge in [-0.25, -0.2) is 13.8 Å². The molecule has 1 aromatic heterocycles. The van der Waals surface area contributed by atoms with Crippen molar-refractivity contribution in [1.82, 2.24) is 4.98 Å². The lowest BCUT2D eigenvalue weighted by molar-refractivity contribution is 0.0460. The van der Waals surface area contributed by atoms with E-state index in [9.17, 15) is 8.78 Å². The van der Waals surface area contributed by atoms with Gasteiger partial charge in [-0.2, -0.15) is 0 Å². The number of alkyl halides is 2. The van der Waals surface area contributed by atoms with Crippen molar-refractivity contribution in [3.8, 4) is 11.6 Å². The first-order valence-electron chi connectivity index (χ1n) is 9.77. The van der Waals surface area contributed by atoms with E-state index in [4.69, 9.17) is 19.2 Å². The Bertz CT molecular complexity index is 886. The van der Waals surface area contributed by atoms with Crippen LogP contribution in [0, 0.1) is 0 Å². The summed E-state index contributed by atoms with van der Waals surface area (Å²) in [6.07, 6.45) is 2.23. The first kappa shape index (κ1) is 19.8. The van der Waals surface area contributed by atoms with Gasteiger partial charge >= 0.3 is 0 Å². The summed E-state index contributed by atoms with van der Waals surface area (Å²) in [6.45, 7) is -0.614. The molecule has 0 bridgehead atoms. The normalized spacial score (nSPS) is 23.2. The van der Waals surface area contributed by atoms with Crippen LogP contribution in [0.25, 0.3) is 0 Å². The van der Waals surface area contributed by atoms with Crippen molar-refractivity contribution in [2.75, 3.05) is 20.8 Å². The lowest BCUT2D eigenvalue weighted by Gasteiger charge is -2.39. The van der Waals surface area contributed by atoms with E-state index in [0.29, 0.717) is 11.6 Å². The molecule has 2 heterocycles. The molecule has 0 spiro atoms. The van der Waals surface area contributed by atoms with E-state index < -0.39 is 13.0 Å².